The van der Waals surface area contributed by atoms with Gasteiger partial charge in [0.05, 0.1) is 22.5 Å². The second kappa shape index (κ2) is 8.68. The van der Waals surface area contributed by atoms with Crippen LogP contribution in [0.25, 0.3) is 0 Å². The minimum atomic E-state index is -0.0625. The van der Waals surface area contributed by atoms with Gasteiger partial charge in [0.25, 0.3) is 5.91 Å². The fourth-order valence-corrected chi connectivity index (χ4v) is 4.09. The van der Waals surface area contributed by atoms with Gasteiger partial charge in [-0.1, -0.05) is 12.1 Å². The zero-order chi connectivity index (χ0) is 19.2. The summed E-state index contributed by atoms with van der Waals surface area (Å²) in [7, 11) is 0. The average Bonchev–Trinajstić information content (AvgIpc) is 3.18. The van der Waals surface area contributed by atoms with Crippen molar-refractivity contribution in [1.82, 2.24) is 9.88 Å². The predicted molar refractivity (Wildman–Crippen MR) is 107 cm³/mol. The molecule has 0 spiro atoms. The van der Waals surface area contributed by atoms with Gasteiger partial charge < -0.3 is 10.3 Å². The Morgan fingerprint density at radius 1 is 1.41 bits per heavy atom. The van der Waals surface area contributed by atoms with E-state index in [0.29, 0.717) is 23.5 Å². The van der Waals surface area contributed by atoms with Gasteiger partial charge in [-0.05, 0) is 31.9 Å². The quantitative estimate of drug-likeness (QED) is 0.454. The SMILES string of the molecule is C[C@@H]1CC[C@@H](c2nc(C=O)cs2)CN1C(=O)c1ccccc1N/N=C\C=N. The molecule has 1 aliphatic heterocycles. The van der Waals surface area contributed by atoms with Gasteiger partial charge in [-0.3, -0.25) is 15.0 Å². The van der Waals surface area contributed by atoms with E-state index in [1.54, 1.807) is 17.5 Å². The molecule has 0 unspecified atom stereocenters. The van der Waals surface area contributed by atoms with E-state index < -0.39 is 0 Å². The van der Waals surface area contributed by atoms with Crippen LogP contribution in [0.15, 0.2) is 34.7 Å². The van der Waals surface area contributed by atoms with Gasteiger partial charge in [0.1, 0.15) is 5.69 Å². The van der Waals surface area contributed by atoms with Crippen molar-refractivity contribution in [2.24, 2.45) is 5.10 Å². The zero-order valence-corrected chi connectivity index (χ0v) is 15.8. The number of benzene rings is 1. The summed E-state index contributed by atoms with van der Waals surface area (Å²) in [6.45, 7) is 2.62. The number of para-hydroxylation sites is 1. The normalized spacial score (nSPS) is 19.8. The van der Waals surface area contributed by atoms with Crippen molar-refractivity contribution in [3.8, 4) is 0 Å². The molecule has 1 aromatic carbocycles. The molecular weight excluding hydrogens is 362 g/mol. The average molecular weight is 383 g/mol. The van der Waals surface area contributed by atoms with Crippen molar-refractivity contribution < 1.29 is 9.59 Å². The maximum atomic E-state index is 13.2. The molecule has 140 valence electrons. The number of hydrazone groups is 1. The Hall–Kier alpha value is -2.87. The number of amides is 1. The largest absolute Gasteiger partial charge is 0.335 e. The Labute approximate surface area is 161 Å². The third kappa shape index (κ3) is 4.28. The second-order valence-electron chi connectivity index (χ2n) is 6.41. The maximum Gasteiger partial charge on any atom is 0.256 e. The summed E-state index contributed by atoms with van der Waals surface area (Å²) in [5, 5.41) is 13.6. The zero-order valence-electron chi connectivity index (χ0n) is 15.0. The molecule has 1 amide bonds. The molecule has 27 heavy (non-hydrogen) atoms. The summed E-state index contributed by atoms with van der Waals surface area (Å²) < 4.78 is 0. The molecule has 0 saturated carbocycles. The Bertz CT molecular complexity index is 863. The smallest absolute Gasteiger partial charge is 0.256 e. The van der Waals surface area contributed by atoms with Crippen molar-refractivity contribution >= 4 is 41.6 Å². The monoisotopic (exact) mass is 383 g/mol. The van der Waals surface area contributed by atoms with Gasteiger partial charge >= 0.3 is 0 Å². The molecule has 2 aromatic rings. The minimum absolute atomic E-state index is 0.0625. The highest BCUT2D eigenvalue weighted by Gasteiger charge is 2.32. The molecule has 7 nitrogen and oxygen atoms in total. The van der Waals surface area contributed by atoms with E-state index in [4.69, 9.17) is 5.41 Å². The molecule has 0 bridgehead atoms. The Balaban J connectivity index is 1.81. The molecule has 2 heterocycles. The van der Waals surface area contributed by atoms with Gasteiger partial charge in [0.2, 0.25) is 0 Å². The number of rotatable bonds is 6. The number of hydrogen-bond donors (Lipinski definition) is 2. The molecule has 3 rings (SSSR count). The van der Waals surface area contributed by atoms with Crippen molar-refractivity contribution in [1.29, 1.82) is 5.41 Å². The van der Waals surface area contributed by atoms with Crippen molar-refractivity contribution in [2.75, 3.05) is 12.0 Å². The molecule has 1 aliphatic rings. The van der Waals surface area contributed by atoms with Crippen LogP contribution in [0.4, 0.5) is 5.69 Å². The highest BCUT2D eigenvalue weighted by molar-refractivity contribution is 7.09. The fraction of sp³-hybridized carbons (Fsp3) is 0.316. The second-order valence-corrected chi connectivity index (χ2v) is 7.30. The number of carbonyl (C=O) groups is 2. The van der Waals surface area contributed by atoms with Crippen LogP contribution in [-0.4, -0.2) is 47.1 Å². The first-order chi connectivity index (χ1) is 13.1. The topological polar surface area (TPSA) is 98.5 Å². The third-order valence-corrected chi connectivity index (χ3v) is 5.67. The number of hydrogen-bond acceptors (Lipinski definition) is 7. The molecule has 1 fully saturated rings. The summed E-state index contributed by atoms with van der Waals surface area (Å²) in [5.41, 5.74) is 4.42. The maximum absolute atomic E-state index is 13.2. The van der Waals surface area contributed by atoms with Gasteiger partial charge in [0, 0.05) is 30.1 Å². The van der Waals surface area contributed by atoms with Gasteiger partial charge in [-0.25, -0.2) is 4.98 Å². The number of aromatic nitrogens is 1. The van der Waals surface area contributed by atoms with Crippen LogP contribution in [0.5, 0.6) is 0 Å². The van der Waals surface area contributed by atoms with Crippen LogP contribution in [0.1, 0.15) is 51.5 Å². The Kier molecular flexibility index (Phi) is 6.08. The molecule has 1 saturated heterocycles. The van der Waals surface area contributed by atoms with E-state index >= 15 is 0 Å². The fourth-order valence-electron chi connectivity index (χ4n) is 3.20. The summed E-state index contributed by atoms with van der Waals surface area (Å²) >= 11 is 1.48. The van der Waals surface area contributed by atoms with Crippen molar-refractivity contribution in [3.63, 3.8) is 0 Å². The number of carbonyl (C=O) groups excluding carboxylic acids is 2. The molecule has 1 aromatic heterocycles. The standard InChI is InChI=1S/C19H21N5O2S/c1-13-6-7-14(18-22-15(11-25)12-27-18)10-24(13)19(26)16-4-2-3-5-17(16)23-21-9-8-20/h2-5,8-9,11-14,20,23H,6-7,10H2,1H3/b20-8?,21-9-/t13-,14-/m1/s1. The molecule has 2 atom stereocenters. The third-order valence-electron chi connectivity index (χ3n) is 4.64. The lowest BCUT2D eigenvalue weighted by Crippen LogP contribution is -2.45. The van der Waals surface area contributed by atoms with E-state index in [1.807, 2.05) is 17.0 Å². The number of piperidine rings is 1. The van der Waals surface area contributed by atoms with Gasteiger partial charge in [-0.2, -0.15) is 5.10 Å². The highest BCUT2D eigenvalue weighted by atomic mass is 32.1. The Morgan fingerprint density at radius 2 is 2.22 bits per heavy atom. The first kappa shape index (κ1) is 18.9. The van der Waals surface area contributed by atoms with Gasteiger partial charge in [0.15, 0.2) is 6.29 Å². The highest BCUT2D eigenvalue weighted by Crippen LogP contribution is 2.33. The first-order valence-corrected chi connectivity index (χ1v) is 9.60. The molecule has 8 heteroatoms. The molecule has 2 N–H and O–H groups in total. The molecular formula is C19H21N5O2S. The lowest BCUT2D eigenvalue weighted by molar-refractivity contribution is 0.0610. The number of nitrogens with one attached hydrogen (secondary N) is 2. The Morgan fingerprint density at radius 3 is 2.96 bits per heavy atom. The van der Waals surface area contributed by atoms with Crippen LogP contribution >= 0.6 is 11.3 Å². The minimum Gasteiger partial charge on any atom is -0.335 e. The number of aldehydes is 1. The summed E-state index contributed by atoms with van der Waals surface area (Å²) in [4.78, 5) is 30.4. The summed E-state index contributed by atoms with van der Waals surface area (Å²) in [6, 6.07) is 7.34. The first-order valence-electron chi connectivity index (χ1n) is 8.72. The number of anilines is 1. The van der Waals surface area contributed by atoms with E-state index in [9.17, 15) is 9.59 Å². The van der Waals surface area contributed by atoms with Crippen molar-refractivity contribution in [2.45, 2.75) is 31.7 Å². The predicted octanol–water partition coefficient (Wildman–Crippen LogP) is 3.41. The van der Waals surface area contributed by atoms with Crippen molar-refractivity contribution in [3.05, 3.63) is 45.9 Å². The summed E-state index contributed by atoms with van der Waals surface area (Å²) in [6.07, 6.45) is 4.96. The number of thiazole rings is 1. The lowest BCUT2D eigenvalue weighted by Gasteiger charge is -2.37. The van der Waals surface area contributed by atoms with E-state index in [2.05, 4.69) is 22.4 Å². The van der Waals surface area contributed by atoms with Crippen LogP contribution in [0.3, 0.4) is 0 Å². The molecule has 0 aliphatic carbocycles. The number of likely N-dealkylation sites (tertiary alicyclic amines) is 1. The van der Waals surface area contributed by atoms with E-state index in [-0.39, 0.29) is 17.9 Å². The summed E-state index contributed by atoms with van der Waals surface area (Å²) in [5.74, 6) is 0.0763. The van der Waals surface area contributed by atoms with Crippen LogP contribution in [0, 0.1) is 5.41 Å². The van der Waals surface area contributed by atoms with E-state index in [0.717, 1.165) is 30.4 Å². The lowest BCUT2D eigenvalue weighted by atomic mass is 9.93. The van der Waals surface area contributed by atoms with Gasteiger partial charge in [-0.15, -0.1) is 11.3 Å². The number of nitrogens with zero attached hydrogens (tertiary/aromatic N) is 3. The van der Waals surface area contributed by atoms with Crippen LogP contribution in [0.2, 0.25) is 0 Å². The molecule has 0 radical (unpaired) electrons. The van der Waals surface area contributed by atoms with Crippen LogP contribution in [-0.2, 0) is 0 Å². The van der Waals surface area contributed by atoms with Crippen LogP contribution < -0.4 is 5.43 Å². The van der Waals surface area contributed by atoms with E-state index in [1.165, 1.54) is 17.6 Å².